The predicted octanol–water partition coefficient (Wildman–Crippen LogP) is 4.50. The number of carboxylic acids is 3. The molecule has 2 N–H and O–H groups in total. The number of carbonyl (C=O) groups is 3. The van der Waals surface area contributed by atoms with Gasteiger partial charge in [0.1, 0.15) is 11.8 Å². The Morgan fingerprint density at radius 1 is 0.706 bits per heavy atom. The minimum Gasteiger partial charge on any atom is -0.550 e. The quantitative estimate of drug-likeness (QED) is 0.133. The van der Waals surface area contributed by atoms with Crippen molar-refractivity contribution in [1.29, 1.82) is 0 Å². The maximum atomic E-state index is 11.5. The van der Waals surface area contributed by atoms with Crippen molar-refractivity contribution in [2.24, 2.45) is 17.8 Å². The highest BCUT2D eigenvalue weighted by Crippen LogP contribution is 2.21. The fraction of sp³-hybridized carbons (Fsp3) is 0.815. The SMILES string of the molecule is CCCCCCCCCCC/C=C/CC[N+](CC(C)C(=O)[O-])(CC(C)C(=O)O)CC(C)C(=O)O. The summed E-state index contributed by atoms with van der Waals surface area (Å²) in [6, 6.07) is 0. The van der Waals surface area contributed by atoms with Gasteiger partial charge in [-0.2, -0.15) is 0 Å². The minimum atomic E-state index is -1.20. The summed E-state index contributed by atoms with van der Waals surface area (Å²) in [5, 5.41) is 30.3. The number of carboxylic acid groups (broad SMARTS) is 3. The number of aliphatic carboxylic acids is 3. The number of hydrogen-bond donors (Lipinski definition) is 2. The van der Waals surface area contributed by atoms with Gasteiger partial charge in [-0.05, 0) is 26.7 Å². The topological polar surface area (TPSA) is 115 Å². The molecule has 0 fully saturated rings. The third-order valence-corrected chi connectivity index (χ3v) is 6.64. The van der Waals surface area contributed by atoms with Crippen molar-refractivity contribution in [1.82, 2.24) is 0 Å². The van der Waals surface area contributed by atoms with Crippen molar-refractivity contribution in [2.75, 3.05) is 26.2 Å². The summed E-state index contributed by atoms with van der Waals surface area (Å²) in [6.07, 6.45) is 17.4. The monoisotopic (exact) mass is 483 g/mol. The molecule has 34 heavy (non-hydrogen) atoms. The number of unbranched alkanes of at least 4 members (excludes halogenated alkanes) is 9. The highest BCUT2D eigenvalue weighted by molar-refractivity contribution is 5.70. The lowest BCUT2D eigenvalue weighted by atomic mass is 10.0. The Kier molecular flexibility index (Phi) is 17.4. The minimum absolute atomic E-state index is 0.137. The van der Waals surface area contributed by atoms with Gasteiger partial charge in [0.2, 0.25) is 0 Å². The zero-order valence-corrected chi connectivity index (χ0v) is 22.0. The molecular weight excluding hydrogens is 434 g/mol. The van der Waals surface area contributed by atoms with Crippen LogP contribution in [0, 0.1) is 17.8 Å². The third kappa shape index (κ3) is 15.1. The zero-order valence-electron chi connectivity index (χ0n) is 22.0. The molecule has 7 nitrogen and oxygen atoms in total. The van der Waals surface area contributed by atoms with Gasteiger partial charge in [0.05, 0.1) is 26.2 Å². The molecule has 198 valence electrons. The van der Waals surface area contributed by atoms with E-state index in [0.717, 1.165) is 12.8 Å². The average molecular weight is 484 g/mol. The second kappa shape index (κ2) is 18.4. The summed E-state index contributed by atoms with van der Waals surface area (Å²) in [5.74, 6) is -5.34. The smallest absolute Gasteiger partial charge is 0.311 e. The van der Waals surface area contributed by atoms with Crippen LogP contribution in [-0.4, -0.2) is 58.8 Å². The maximum Gasteiger partial charge on any atom is 0.311 e. The first-order chi connectivity index (χ1) is 16.0. The van der Waals surface area contributed by atoms with Crippen molar-refractivity contribution >= 4 is 17.9 Å². The van der Waals surface area contributed by atoms with Gasteiger partial charge in [0.15, 0.2) is 0 Å². The first kappa shape index (κ1) is 32.1. The summed E-state index contributed by atoms with van der Waals surface area (Å²) in [5.41, 5.74) is 0. The molecule has 7 heteroatoms. The number of nitrogens with zero attached hydrogens (tertiary/aromatic N) is 1. The predicted molar refractivity (Wildman–Crippen MR) is 133 cm³/mol. The Morgan fingerprint density at radius 3 is 1.56 bits per heavy atom. The normalized spacial score (nSPS) is 16.1. The molecular formula is C27H49NO6. The molecule has 0 aromatic carbocycles. The lowest BCUT2D eigenvalue weighted by Gasteiger charge is -2.42. The van der Waals surface area contributed by atoms with Gasteiger partial charge in [-0.25, -0.2) is 0 Å². The highest BCUT2D eigenvalue weighted by atomic mass is 16.4. The molecule has 0 amide bonds. The Hall–Kier alpha value is -1.89. The summed E-state index contributed by atoms with van der Waals surface area (Å²) in [4.78, 5) is 34.5. The van der Waals surface area contributed by atoms with E-state index in [1.54, 1.807) is 20.8 Å². The van der Waals surface area contributed by atoms with E-state index in [0.29, 0.717) is 13.0 Å². The molecule has 0 aliphatic carbocycles. The van der Waals surface area contributed by atoms with E-state index in [1.165, 1.54) is 51.4 Å². The molecule has 0 aromatic rings. The number of quaternary nitrogens is 1. The van der Waals surface area contributed by atoms with Gasteiger partial charge in [0.25, 0.3) is 0 Å². The Labute approximate surface area is 206 Å². The molecule has 0 aliphatic rings. The Morgan fingerprint density at radius 2 is 1.12 bits per heavy atom. The molecule has 0 rings (SSSR count). The van der Waals surface area contributed by atoms with Crippen molar-refractivity contribution in [3.8, 4) is 0 Å². The fourth-order valence-corrected chi connectivity index (χ4v) is 4.63. The van der Waals surface area contributed by atoms with Crippen molar-refractivity contribution in [3.63, 3.8) is 0 Å². The van der Waals surface area contributed by atoms with Crippen LogP contribution in [0.2, 0.25) is 0 Å². The zero-order chi connectivity index (χ0) is 26.0. The summed E-state index contributed by atoms with van der Waals surface area (Å²) in [7, 11) is 0. The number of hydrogen-bond acceptors (Lipinski definition) is 4. The van der Waals surface area contributed by atoms with Crippen molar-refractivity contribution < 1.29 is 34.2 Å². The largest absolute Gasteiger partial charge is 0.550 e. The molecule has 3 atom stereocenters. The van der Waals surface area contributed by atoms with Gasteiger partial charge in [-0.15, -0.1) is 0 Å². The van der Waals surface area contributed by atoms with E-state index in [-0.39, 0.29) is 24.1 Å². The van der Waals surface area contributed by atoms with E-state index in [2.05, 4.69) is 19.1 Å². The molecule has 0 saturated carbocycles. The summed E-state index contributed by atoms with van der Waals surface area (Å²) in [6.45, 7) is 7.99. The number of carbonyl (C=O) groups excluding carboxylic acids is 1. The molecule has 0 aliphatic heterocycles. The molecule has 0 spiro atoms. The number of rotatable bonds is 22. The van der Waals surface area contributed by atoms with Gasteiger partial charge in [-0.3, -0.25) is 9.59 Å². The van der Waals surface area contributed by atoms with Crippen LogP contribution in [0.1, 0.15) is 98.3 Å². The van der Waals surface area contributed by atoms with Crippen LogP contribution in [-0.2, 0) is 14.4 Å². The first-order valence-electron chi connectivity index (χ1n) is 13.2. The highest BCUT2D eigenvalue weighted by Gasteiger charge is 2.36. The molecule has 0 heterocycles. The Bertz CT molecular complexity index is 563. The van der Waals surface area contributed by atoms with Crippen LogP contribution in [0.15, 0.2) is 12.2 Å². The second-order valence-electron chi connectivity index (χ2n) is 10.2. The van der Waals surface area contributed by atoms with Gasteiger partial charge in [0, 0.05) is 18.3 Å². The summed E-state index contributed by atoms with van der Waals surface area (Å²) < 4.78 is 0.137. The van der Waals surface area contributed by atoms with Gasteiger partial charge >= 0.3 is 11.9 Å². The van der Waals surface area contributed by atoms with Crippen LogP contribution in [0.25, 0.3) is 0 Å². The average Bonchev–Trinajstić information content (AvgIpc) is 2.76. The molecule has 0 aromatic heterocycles. The second-order valence-corrected chi connectivity index (χ2v) is 10.2. The first-order valence-corrected chi connectivity index (χ1v) is 13.2. The van der Waals surface area contributed by atoms with Crippen LogP contribution in [0.4, 0.5) is 0 Å². The van der Waals surface area contributed by atoms with Gasteiger partial charge in [-0.1, -0.05) is 77.4 Å². The summed E-state index contributed by atoms with van der Waals surface area (Å²) >= 11 is 0. The van der Waals surface area contributed by atoms with E-state index in [1.807, 2.05) is 0 Å². The van der Waals surface area contributed by atoms with E-state index in [9.17, 15) is 29.7 Å². The fourth-order valence-electron chi connectivity index (χ4n) is 4.63. The van der Waals surface area contributed by atoms with E-state index >= 15 is 0 Å². The molecule has 3 unspecified atom stereocenters. The lowest BCUT2D eigenvalue weighted by molar-refractivity contribution is -0.934. The maximum absolute atomic E-state index is 11.5. The van der Waals surface area contributed by atoms with Crippen molar-refractivity contribution in [3.05, 3.63) is 12.2 Å². The van der Waals surface area contributed by atoms with E-state index in [4.69, 9.17) is 0 Å². The standard InChI is InChI=1S/C27H49NO6/c1-5-6-7-8-9-10-11-12-13-14-15-16-17-18-28(19-22(2)25(29)30,20-23(3)26(31)32)21-24(4)27(33)34/h15-16,22-24H,5-14,17-21H2,1-4H3,(H2-,29,30,31,32,33,34)/b16-15+. The third-order valence-electron chi connectivity index (χ3n) is 6.64. The number of allylic oxidation sites excluding steroid dienone is 1. The van der Waals surface area contributed by atoms with Crippen LogP contribution in [0.3, 0.4) is 0 Å². The lowest BCUT2D eigenvalue weighted by Crippen LogP contribution is -2.58. The Balaban J connectivity index is 4.85. The molecule has 0 radical (unpaired) electrons. The van der Waals surface area contributed by atoms with Crippen LogP contribution >= 0.6 is 0 Å². The molecule has 0 saturated heterocycles. The van der Waals surface area contributed by atoms with Crippen LogP contribution < -0.4 is 5.11 Å². The van der Waals surface area contributed by atoms with E-state index < -0.39 is 35.7 Å². The molecule has 0 bridgehead atoms. The van der Waals surface area contributed by atoms with Gasteiger partial charge < -0.3 is 24.6 Å². The van der Waals surface area contributed by atoms with Crippen molar-refractivity contribution in [2.45, 2.75) is 98.3 Å². The van der Waals surface area contributed by atoms with Crippen LogP contribution in [0.5, 0.6) is 0 Å².